The molecular formula is C17H22ClN3. The second-order valence-corrected chi connectivity index (χ2v) is 6.38. The lowest BCUT2D eigenvalue weighted by Gasteiger charge is -2.16. The molecule has 0 aliphatic heterocycles. The fraction of sp³-hybridized carbons (Fsp3) is 0.471. The molecule has 3 nitrogen and oxygen atoms in total. The number of nitrogens with zero attached hydrogens (tertiary/aromatic N) is 2. The van der Waals surface area contributed by atoms with Crippen LogP contribution in [0, 0.1) is 0 Å². The third-order valence-electron chi connectivity index (χ3n) is 4.38. The van der Waals surface area contributed by atoms with Crippen molar-refractivity contribution >= 4 is 11.6 Å². The molecule has 1 heterocycles. The van der Waals surface area contributed by atoms with Gasteiger partial charge in [-0.25, -0.2) is 0 Å². The lowest BCUT2D eigenvalue weighted by molar-refractivity contribution is 0.466. The van der Waals surface area contributed by atoms with Gasteiger partial charge in [-0.1, -0.05) is 31.2 Å². The molecule has 1 aliphatic carbocycles. The van der Waals surface area contributed by atoms with E-state index in [4.69, 9.17) is 11.6 Å². The topological polar surface area (TPSA) is 29.9 Å². The number of alkyl halides is 1. The minimum absolute atomic E-state index is 0.124. The van der Waals surface area contributed by atoms with Gasteiger partial charge in [0, 0.05) is 24.8 Å². The molecule has 0 radical (unpaired) electrons. The Labute approximate surface area is 131 Å². The van der Waals surface area contributed by atoms with E-state index in [1.807, 2.05) is 4.68 Å². The van der Waals surface area contributed by atoms with E-state index < -0.39 is 0 Å². The first-order chi connectivity index (χ1) is 10.2. The SMILES string of the molecule is CCC(C)n1ccc(CNC2c3ccccc3CC2Cl)n1. The quantitative estimate of drug-likeness (QED) is 0.850. The predicted molar refractivity (Wildman–Crippen MR) is 86.6 cm³/mol. The highest BCUT2D eigenvalue weighted by Crippen LogP contribution is 2.34. The summed E-state index contributed by atoms with van der Waals surface area (Å²) in [5, 5.41) is 8.32. The molecule has 0 bridgehead atoms. The molecule has 2 aromatic rings. The molecule has 21 heavy (non-hydrogen) atoms. The van der Waals surface area contributed by atoms with Gasteiger partial charge in [-0.2, -0.15) is 5.10 Å². The summed E-state index contributed by atoms with van der Waals surface area (Å²) in [6.07, 6.45) is 4.09. The third kappa shape index (κ3) is 2.99. The van der Waals surface area contributed by atoms with E-state index in [0.717, 1.165) is 25.1 Å². The Bertz CT molecular complexity index is 608. The van der Waals surface area contributed by atoms with E-state index >= 15 is 0 Å². The first-order valence-corrected chi connectivity index (χ1v) is 8.12. The summed E-state index contributed by atoms with van der Waals surface area (Å²) in [5.74, 6) is 0. The van der Waals surface area contributed by atoms with Crippen molar-refractivity contribution < 1.29 is 0 Å². The largest absolute Gasteiger partial charge is 0.303 e. The minimum Gasteiger partial charge on any atom is -0.303 e. The average molecular weight is 304 g/mol. The molecule has 112 valence electrons. The summed E-state index contributed by atoms with van der Waals surface area (Å²) in [5.41, 5.74) is 3.77. The number of hydrogen-bond acceptors (Lipinski definition) is 2. The molecule has 0 saturated heterocycles. The van der Waals surface area contributed by atoms with Gasteiger partial charge in [0.2, 0.25) is 0 Å². The first-order valence-electron chi connectivity index (χ1n) is 7.68. The van der Waals surface area contributed by atoms with Crippen molar-refractivity contribution in [2.45, 2.75) is 50.7 Å². The molecule has 3 unspecified atom stereocenters. The van der Waals surface area contributed by atoms with Crippen molar-refractivity contribution in [2.75, 3.05) is 0 Å². The maximum Gasteiger partial charge on any atom is 0.0762 e. The highest BCUT2D eigenvalue weighted by Gasteiger charge is 2.30. The zero-order valence-corrected chi connectivity index (χ0v) is 13.3. The van der Waals surface area contributed by atoms with E-state index in [2.05, 4.69) is 60.8 Å². The Morgan fingerprint density at radius 2 is 2.19 bits per heavy atom. The Morgan fingerprint density at radius 1 is 1.38 bits per heavy atom. The van der Waals surface area contributed by atoms with Gasteiger partial charge >= 0.3 is 0 Å². The highest BCUT2D eigenvalue weighted by atomic mass is 35.5. The van der Waals surface area contributed by atoms with Crippen LogP contribution in [-0.2, 0) is 13.0 Å². The number of halogens is 1. The van der Waals surface area contributed by atoms with Crippen LogP contribution in [0.5, 0.6) is 0 Å². The maximum atomic E-state index is 6.50. The van der Waals surface area contributed by atoms with E-state index in [9.17, 15) is 0 Å². The highest BCUT2D eigenvalue weighted by molar-refractivity contribution is 6.21. The number of aromatic nitrogens is 2. The Morgan fingerprint density at radius 3 is 3.00 bits per heavy atom. The minimum atomic E-state index is 0.124. The summed E-state index contributed by atoms with van der Waals surface area (Å²) < 4.78 is 2.04. The van der Waals surface area contributed by atoms with Crippen LogP contribution in [0.15, 0.2) is 36.5 Å². The van der Waals surface area contributed by atoms with E-state index in [1.165, 1.54) is 11.1 Å². The van der Waals surface area contributed by atoms with Crippen LogP contribution in [0.3, 0.4) is 0 Å². The van der Waals surface area contributed by atoms with Crippen molar-refractivity contribution in [3.8, 4) is 0 Å². The smallest absolute Gasteiger partial charge is 0.0762 e. The number of hydrogen-bond donors (Lipinski definition) is 1. The van der Waals surface area contributed by atoms with Crippen LogP contribution in [0.4, 0.5) is 0 Å². The summed E-state index contributed by atoms with van der Waals surface area (Å²) in [7, 11) is 0. The van der Waals surface area contributed by atoms with Gasteiger partial charge in [0.05, 0.1) is 11.1 Å². The Balaban J connectivity index is 1.66. The van der Waals surface area contributed by atoms with Gasteiger partial charge in [0.25, 0.3) is 0 Å². The fourth-order valence-corrected chi connectivity index (χ4v) is 3.29. The van der Waals surface area contributed by atoms with Crippen LogP contribution in [0.1, 0.15) is 49.2 Å². The predicted octanol–water partition coefficient (Wildman–Crippen LogP) is 3.85. The monoisotopic (exact) mass is 303 g/mol. The summed E-state index contributed by atoms with van der Waals surface area (Å²) in [6, 6.07) is 11.3. The van der Waals surface area contributed by atoms with E-state index in [1.54, 1.807) is 0 Å². The van der Waals surface area contributed by atoms with Gasteiger partial charge in [0.1, 0.15) is 0 Å². The maximum absolute atomic E-state index is 6.50. The zero-order chi connectivity index (χ0) is 14.8. The van der Waals surface area contributed by atoms with Crippen LogP contribution in [-0.4, -0.2) is 15.2 Å². The lowest BCUT2D eigenvalue weighted by Crippen LogP contribution is -2.25. The molecule has 1 N–H and O–H groups in total. The standard InChI is InChI=1S/C17H22ClN3/c1-3-12(2)21-9-8-14(20-21)11-19-17-15-7-5-4-6-13(15)10-16(17)18/h4-9,12,16-17,19H,3,10-11H2,1-2H3. The number of benzene rings is 1. The molecule has 0 saturated carbocycles. The van der Waals surface area contributed by atoms with Gasteiger partial charge in [-0.3, -0.25) is 4.68 Å². The van der Waals surface area contributed by atoms with Crippen LogP contribution in [0.2, 0.25) is 0 Å². The zero-order valence-electron chi connectivity index (χ0n) is 12.6. The molecule has 1 aromatic heterocycles. The van der Waals surface area contributed by atoms with Crippen LogP contribution >= 0.6 is 11.6 Å². The number of fused-ring (bicyclic) bond motifs is 1. The number of nitrogens with one attached hydrogen (secondary N) is 1. The molecule has 3 atom stereocenters. The third-order valence-corrected chi connectivity index (χ3v) is 4.78. The van der Waals surface area contributed by atoms with Crippen LogP contribution in [0.25, 0.3) is 0 Å². The van der Waals surface area contributed by atoms with Crippen molar-refractivity contribution in [1.82, 2.24) is 15.1 Å². The molecule has 1 aliphatic rings. The second-order valence-electron chi connectivity index (χ2n) is 5.82. The van der Waals surface area contributed by atoms with Gasteiger partial charge in [-0.15, -0.1) is 11.6 Å². The average Bonchev–Trinajstić information content (AvgIpc) is 3.08. The van der Waals surface area contributed by atoms with Gasteiger partial charge < -0.3 is 5.32 Å². The molecule has 4 heteroatoms. The second kappa shape index (κ2) is 6.20. The summed E-state index contributed by atoms with van der Waals surface area (Å²) in [6.45, 7) is 5.12. The Hall–Kier alpha value is -1.32. The van der Waals surface area contributed by atoms with E-state index in [-0.39, 0.29) is 11.4 Å². The van der Waals surface area contributed by atoms with Gasteiger partial charge in [0.15, 0.2) is 0 Å². The van der Waals surface area contributed by atoms with Crippen molar-refractivity contribution in [1.29, 1.82) is 0 Å². The summed E-state index contributed by atoms with van der Waals surface area (Å²) in [4.78, 5) is 0. The first kappa shape index (κ1) is 14.6. The van der Waals surface area contributed by atoms with E-state index in [0.29, 0.717) is 6.04 Å². The molecule has 0 spiro atoms. The summed E-state index contributed by atoms with van der Waals surface area (Å²) >= 11 is 6.50. The van der Waals surface area contributed by atoms with Crippen molar-refractivity contribution in [2.24, 2.45) is 0 Å². The molecular weight excluding hydrogens is 282 g/mol. The van der Waals surface area contributed by atoms with Crippen molar-refractivity contribution in [3.63, 3.8) is 0 Å². The van der Waals surface area contributed by atoms with Gasteiger partial charge in [-0.05, 0) is 37.0 Å². The molecule has 0 amide bonds. The normalized spacial score (nSPS) is 22.2. The fourth-order valence-electron chi connectivity index (χ4n) is 2.90. The molecule has 3 rings (SSSR count). The number of rotatable bonds is 5. The van der Waals surface area contributed by atoms with Crippen LogP contribution < -0.4 is 5.32 Å². The Kier molecular flexibility index (Phi) is 4.32. The molecule has 1 aromatic carbocycles. The molecule has 0 fully saturated rings. The van der Waals surface area contributed by atoms with Crippen molar-refractivity contribution in [3.05, 3.63) is 53.3 Å². The lowest BCUT2D eigenvalue weighted by atomic mass is 10.1.